The summed E-state index contributed by atoms with van der Waals surface area (Å²) >= 11 is 4.70. The largest absolute Gasteiger partial charge is 0.478 e. The van der Waals surface area contributed by atoms with E-state index >= 15 is 0 Å². The molecule has 148 valence electrons. The predicted molar refractivity (Wildman–Crippen MR) is 116 cm³/mol. The van der Waals surface area contributed by atoms with Crippen LogP contribution in [-0.2, 0) is 0 Å². The molecule has 5 rings (SSSR count). The summed E-state index contributed by atoms with van der Waals surface area (Å²) in [5, 5.41) is 21.2. The van der Waals surface area contributed by atoms with Crippen LogP contribution < -0.4 is 0 Å². The van der Waals surface area contributed by atoms with Crippen LogP contribution in [0.2, 0.25) is 0 Å². The molecule has 1 N–H and O–H groups in total. The number of hydrogen-bond donors (Lipinski definition) is 1. The monoisotopic (exact) mass is 442 g/mol. The lowest BCUT2D eigenvalue weighted by atomic mass is 9.95. The molecule has 1 aliphatic rings. The van der Waals surface area contributed by atoms with Crippen LogP contribution in [0.1, 0.15) is 48.5 Å². The maximum atomic E-state index is 11.2. The van der Waals surface area contributed by atoms with E-state index in [0.717, 1.165) is 43.3 Å². The topological polar surface area (TPSA) is 80.9 Å². The number of carboxylic acid groups (broad SMARTS) is 1. The van der Waals surface area contributed by atoms with Crippen molar-refractivity contribution in [1.82, 2.24) is 19.7 Å². The van der Waals surface area contributed by atoms with Crippen LogP contribution in [0.4, 0.5) is 0 Å². The third-order valence-electron chi connectivity index (χ3n) is 5.14. The van der Waals surface area contributed by atoms with Crippen molar-refractivity contribution in [2.45, 2.75) is 47.6 Å². The van der Waals surface area contributed by atoms with Gasteiger partial charge < -0.3 is 5.11 Å². The van der Waals surface area contributed by atoms with Gasteiger partial charge in [-0.1, -0.05) is 25.3 Å². The molecule has 1 saturated carbocycles. The van der Waals surface area contributed by atoms with E-state index in [1.54, 1.807) is 29.5 Å². The van der Waals surface area contributed by atoms with E-state index in [2.05, 4.69) is 31.2 Å². The lowest BCUT2D eigenvalue weighted by molar-refractivity contribution is 0.0697. The number of thiophene rings is 1. The van der Waals surface area contributed by atoms with Crippen LogP contribution in [0.15, 0.2) is 45.2 Å². The van der Waals surface area contributed by atoms with Crippen LogP contribution in [0.25, 0.3) is 20.9 Å². The van der Waals surface area contributed by atoms with Gasteiger partial charge in [0.1, 0.15) is 0 Å². The summed E-state index contributed by atoms with van der Waals surface area (Å²) in [7, 11) is 0. The Bertz CT molecular complexity index is 1160. The van der Waals surface area contributed by atoms with Crippen molar-refractivity contribution in [3.05, 3.63) is 41.3 Å². The quantitative estimate of drug-likeness (QED) is 0.410. The van der Waals surface area contributed by atoms with Gasteiger partial charge in [0, 0.05) is 6.04 Å². The van der Waals surface area contributed by atoms with Crippen molar-refractivity contribution >= 4 is 50.6 Å². The summed E-state index contributed by atoms with van der Waals surface area (Å²) in [6, 6.07) is 9.59. The first-order valence-electron chi connectivity index (χ1n) is 9.49. The number of aromatic carboxylic acids is 1. The van der Waals surface area contributed by atoms with Crippen LogP contribution in [0.5, 0.6) is 0 Å². The first-order chi connectivity index (χ1) is 14.2. The van der Waals surface area contributed by atoms with E-state index in [0.29, 0.717) is 6.04 Å². The first kappa shape index (κ1) is 18.8. The van der Waals surface area contributed by atoms with Gasteiger partial charge in [0.2, 0.25) is 0 Å². The van der Waals surface area contributed by atoms with Crippen LogP contribution in [-0.4, -0.2) is 30.8 Å². The van der Waals surface area contributed by atoms with Crippen molar-refractivity contribution in [3.8, 4) is 10.7 Å². The van der Waals surface area contributed by atoms with Gasteiger partial charge in [-0.2, -0.15) is 0 Å². The Hall–Kier alpha value is -2.23. The van der Waals surface area contributed by atoms with Crippen molar-refractivity contribution in [2.24, 2.45) is 0 Å². The zero-order valence-electron chi connectivity index (χ0n) is 15.4. The molecule has 1 aliphatic carbocycles. The SMILES string of the molecule is O=C(O)c1ccc2nc(Sc3nnc(-c4cccs4)n3C3CCCCC3)sc2c1. The molecule has 0 radical (unpaired) electrons. The van der Waals surface area contributed by atoms with Crippen LogP contribution in [0.3, 0.4) is 0 Å². The van der Waals surface area contributed by atoms with Gasteiger partial charge in [0.05, 0.1) is 20.7 Å². The number of nitrogens with zero attached hydrogens (tertiary/aromatic N) is 4. The fourth-order valence-electron chi connectivity index (χ4n) is 3.75. The Balaban J connectivity index is 1.52. The number of rotatable bonds is 5. The molecule has 1 aromatic carbocycles. The molecule has 3 heterocycles. The van der Waals surface area contributed by atoms with Crippen LogP contribution in [0, 0.1) is 0 Å². The molecule has 0 saturated heterocycles. The molecule has 0 aliphatic heterocycles. The van der Waals surface area contributed by atoms with Gasteiger partial charge in [-0.3, -0.25) is 4.57 Å². The van der Waals surface area contributed by atoms with Crippen molar-refractivity contribution in [1.29, 1.82) is 0 Å². The fraction of sp³-hybridized carbons (Fsp3) is 0.300. The highest BCUT2D eigenvalue weighted by Gasteiger charge is 2.25. The number of fused-ring (bicyclic) bond motifs is 1. The van der Waals surface area contributed by atoms with Crippen molar-refractivity contribution in [3.63, 3.8) is 0 Å². The Morgan fingerprint density at radius 1 is 1.17 bits per heavy atom. The minimum absolute atomic E-state index is 0.281. The maximum absolute atomic E-state index is 11.2. The second kappa shape index (κ2) is 7.89. The van der Waals surface area contributed by atoms with E-state index in [4.69, 9.17) is 0 Å². The molecule has 0 atom stereocenters. The minimum atomic E-state index is -0.924. The predicted octanol–water partition coefficient (Wildman–Crippen LogP) is 5.97. The third kappa shape index (κ3) is 3.70. The second-order valence-electron chi connectivity index (χ2n) is 7.01. The summed E-state index contributed by atoms with van der Waals surface area (Å²) < 4.78 is 4.02. The van der Waals surface area contributed by atoms with Crippen molar-refractivity contribution in [2.75, 3.05) is 0 Å². The minimum Gasteiger partial charge on any atom is -0.478 e. The molecule has 0 spiro atoms. The number of carboxylic acids is 1. The van der Waals surface area contributed by atoms with Gasteiger partial charge in [-0.05, 0) is 54.2 Å². The average Bonchev–Trinajstić information content (AvgIpc) is 3.47. The number of thiazole rings is 1. The average molecular weight is 443 g/mol. The smallest absolute Gasteiger partial charge is 0.335 e. The first-order valence-corrected chi connectivity index (χ1v) is 12.0. The molecule has 0 bridgehead atoms. The molecule has 9 heteroatoms. The molecule has 0 amide bonds. The zero-order chi connectivity index (χ0) is 19.8. The van der Waals surface area contributed by atoms with Gasteiger partial charge in [-0.25, -0.2) is 9.78 Å². The number of carbonyl (C=O) groups is 1. The zero-order valence-corrected chi connectivity index (χ0v) is 17.9. The van der Waals surface area contributed by atoms with Gasteiger partial charge in [0.25, 0.3) is 0 Å². The highest BCUT2D eigenvalue weighted by molar-refractivity contribution is 8.01. The molecule has 4 aromatic rings. The normalized spacial score (nSPS) is 15.2. The van der Waals surface area contributed by atoms with Gasteiger partial charge in [-0.15, -0.1) is 32.9 Å². The van der Waals surface area contributed by atoms with Gasteiger partial charge in [0.15, 0.2) is 15.3 Å². The number of benzene rings is 1. The van der Waals surface area contributed by atoms with E-state index < -0.39 is 5.97 Å². The highest BCUT2D eigenvalue weighted by Crippen LogP contribution is 2.40. The standard InChI is InChI=1S/C20H18N4O2S3/c25-18(26)12-8-9-14-16(11-12)28-20(21-14)29-19-23-22-17(15-7-4-10-27-15)24(19)13-5-2-1-3-6-13/h4,7-11,13H,1-3,5-6H2,(H,25,26). The van der Waals surface area contributed by atoms with Crippen molar-refractivity contribution < 1.29 is 9.90 Å². The molecule has 1 fully saturated rings. The fourth-order valence-corrected chi connectivity index (χ4v) is 6.56. The second-order valence-corrected chi connectivity index (χ2v) is 10.2. The van der Waals surface area contributed by atoms with E-state index in [1.807, 2.05) is 6.07 Å². The van der Waals surface area contributed by atoms with E-state index in [1.165, 1.54) is 42.4 Å². The Labute approximate surface area is 179 Å². The molecule has 6 nitrogen and oxygen atoms in total. The number of hydrogen-bond acceptors (Lipinski definition) is 7. The highest BCUT2D eigenvalue weighted by atomic mass is 32.2. The molecule has 29 heavy (non-hydrogen) atoms. The van der Waals surface area contributed by atoms with Gasteiger partial charge >= 0.3 is 5.97 Å². The summed E-state index contributed by atoms with van der Waals surface area (Å²) in [5.74, 6) is 0.0100. The number of aromatic nitrogens is 4. The summed E-state index contributed by atoms with van der Waals surface area (Å²) in [6.45, 7) is 0. The molecular weight excluding hydrogens is 424 g/mol. The Kier molecular flexibility index (Phi) is 5.11. The lowest BCUT2D eigenvalue weighted by Crippen LogP contribution is -2.14. The van der Waals surface area contributed by atoms with E-state index in [-0.39, 0.29) is 5.56 Å². The molecule has 3 aromatic heterocycles. The maximum Gasteiger partial charge on any atom is 0.335 e. The van der Waals surface area contributed by atoms with Crippen LogP contribution >= 0.6 is 34.4 Å². The lowest BCUT2D eigenvalue weighted by Gasteiger charge is -2.25. The summed E-state index contributed by atoms with van der Waals surface area (Å²) in [6.07, 6.45) is 6.04. The summed E-state index contributed by atoms with van der Waals surface area (Å²) in [4.78, 5) is 17.0. The Morgan fingerprint density at radius 2 is 2.03 bits per heavy atom. The molecular formula is C20H18N4O2S3. The van der Waals surface area contributed by atoms with E-state index in [9.17, 15) is 9.90 Å². The summed E-state index contributed by atoms with van der Waals surface area (Å²) in [5.41, 5.74) is 1.09. The molecule has 0 unspecified atom stereocenters. The third-order valence-corrected chi connectivity index (χ3v) is 8.05. The Morgan fingerprint density at radius 3 is 2.79 bits per heavy atom.